The molecule has 1 saturated heterocycles. The van der Waals surface area contributed by atoms with E-state index in [2.05, 4.69) is 34.5 Å². The third-order valence-corrected chi connectivity index (χ3v) is 10.0. The van der Waals surface area contributed by atoms with Gasteiger partial charge in [-0.1, -0.05) is 12.1 Å². The lowest BCUT2D eigenvalue weighted by atomic mass is 9.53. The second-order valence-electron chi connectivity index (χ2n) is 12.2. The number of hydrogen-bond acceptors (Lipinski definition) is 6. The molecule has 200 valence electrons. The normalized spacial score (nSPS) is 38.4. The topological polar surface area (TPSA) is 52.2 Å². The van der Waals surface area contributed by atoms with Crippen molar-refractivity contribution < 1.29 is 19.2 Å². The van der Waals surface area contributed by atoms with Crippen molar-refractivity contribution in [2.45, 2.75) is 82.0 Å². The van der Waals surface area contributed by atoms with Gasteiger partial charge in [-0.15, -0.1) is 0 Å². The maximum Gasteiger partial charge on any atom is 0.207 e. The lowest BCUT2D eigenvalue weighted by Crippen LogP contribution is -2.60. The van der Waals surface area contributed by atoms with Crippen LogP contribution in [0, 0.1) is 23.7 Å². The molecule has 6 nitrogen and oxygen atoms in total. The molecule has 0 amide bonds. The number of rotatable bonds is 10. The van der Waals surface area contributed by atoms with E-state index in [1.54, 1.807) is 0 Å². The molecular weight excluding hydrogens is 452 g/mol. The summed E-state index contributed by atoms with van der Waals surface area (Å²) in [4.78, 5) is 15.0. The highest BCUT2D eigenvalue weighted by Crippen LogP contribution is 2.60. The predicted octanol–water partition coefficient (Wildman–Crippen LogP) is 5.13. The van der Waals surface area contributed by atoms with Gasteiger partial charge in [0.1, 0.15) is 5.75 Å². The summed E-state index contributed by atoms with van der Waals surface area (Å²) in [6, 6.07) is 8.84. The molecule has 1 aromatic carbocycles. The van der Waals surface area contributed by atoms with E-state index >= 15 is 0 Å². The van der Waals surface area contributed by atoms with Gasteiger partial charge in [0.05, 0.1) is 12.7 Å². The first kappa shape index (κ1) is 25.1. The third-order valence-electron chi connectivity index (χ3n) is 10.0. The molecule has 36 heavy (non-hydrogen) atoms. The van der Waals surface area contributed by atoms with Gasteiger partial charge in [-0.05, 0) is 99.7 Å². The molecule has 0 atom stereocenters. The molecule has 7 rings (SSSR count). The van der Waals surface area contributed by atoms with Crippen LogP contribution >= 0.6 is 0 Å². The molecule has 1 N–H and O–H groups in total. The zero-order valence-corrected chi connectivity index (χ0v) is 22.2. The number of nitrogens with one attached hydrogen (secondary N) is 1. The van der Waals surface area contributed by atoms with Crippen LogP contribution in [-0.4, -0.2) is 63.2 Å². The summed E-state index contributed by atoms with van der Waals surface area (Å²) in [5, 5.41) is 3.41. The Bertz CT molecular complexity index is 804. The summed E-state index contributed by atoms with van der Waals surface area (Å²) in [6.45, 7) is 6.45. The van der Waals surface area contributed by atoms with Crippen LogP contribution in [0.3, 0.4) is 0 Å². The van der Waals surface area contributed by atoms with Crippen molar-refractivity contribution in [2.75, 3.05) is 46.4 Å². The van der Waals surface area contributed by atoms with Gasteiger partial charge in [0.25, 0.3) is 0 Å². The van der Waals surface area contributed by atoms with Crippen LogP contribution in [-0.2, 0) is 14.5 Å². The van der Waals surface area contributed by atoms with E-state index in [0.29, 0.717) is 17.8 Å². The van der Waals surface area contributed by atoms with Crippen molar-refractivity contribution in [2.24, 2.45) is 23.7 Å². The first-order valence-corrected chi connectivity index (χ1v) is 14.8. The number of piperazine rings is 1. The Labute approximate surface area is 217 Å². The van der Waals surface area contributed by atoms with Crippen molar-refractivity contribution in [3.8, 4) is 5.75 Å². The second kappa shape index (κ2) is 11.3. The summed E-state index contributed by atoms with van der Waals surface area (Å²) >= 11 is 0. The average Bonchev–Trinajstić information content (AvgIpc) is 2.92. The standard InChI is InChI=1S/C30H46N2O4/c1-33-30(26-18-22-17-23(20-26)21-27(30)19-22)36-35-29-9-5-25(6-10-29)24-3-7-28(8-4-24)34-16-2-13-32-14-11-31-12-15-32/h3-4,7-8,22-23,25-27,29,31H,2,5-6,9-21H2,1H3. The quantitative estimate of drug-likeness (QED) is 0.209. The zero-order chi connectivity index (χ0) is 24.4. The van der Waals surface area contributed by atoms with Crippen molar-refractivity contribution in [1.29, 1.82) is 0 Å². The Morgan fingerprint density at radius 2 is 1.56 bits per heavy atom. The molecule has 4 bridgehead atoms. The number of nitrogens with zero attached hydrogens (tertiary/aromatic N) is 1. The van der Waals surface area contributed by atoms with E-state index in [-0.39, 0.29) is 6.10 Å². The molecule has 1 aliphatic heterocycles. The minimum atomic E-state index is -0.495. The molecule has 0 aromatic heterocycles. The molecule has 5 aliphatic carbocycles. The van der Waals surface area contributed by atoms with E-state index in [1.807, 2.05) is 7.11 Å². The average molecular weight is 499 g/mol. The minimum Gasteiger partial charge on any atom is -0.494 e. The Morgan fingerprint density at radius 3 is 2.19 bits per heavy atom. The third kappa shape index (κ3) is 5.35. The summed E-state index contributed by atoms with van der Waals surface area (Å²) in [6.07, 6.45) is 12.1. The smallest absolute Gasteiger partial charge is 0.207 e. The highest BCUT2D eigenvalue weighted by Gasteiger charge is 2.60. The molecule has 6 heteroatoms. The minimum absolute atomic E-state index is 0.184. The molecule has 0 spiro atoms. The van der Waals surface area contributed by atoms with Crippen molar-refractivity contribution in [3.05, 3.63) is 29.8 Å². The van der Waals surface area contributed by atoms with Gasteiger partial charge in [-0.2, -0.15) is 0 Å². The van der Waals surface area contributed by atoms with Crippen LogP contribution in [0.15, 0.2) is 24.3 Å². The number of benzene rings is 1. The first-order chi connectivity index (χ1) is 17.7. The molecule has 0 radical (unpaired) electrons. The van der Waals surface area contributed by atoms with Crippen molar-refractivity contribution in [3.63, 3.8) is 0 Å². The van der Waals surface area contributed by atoms with E-state index in [4.69, 9.17) is 19.2 Å². The largest absolute Gasteiger partial charge is 0.494 e. The lowest BCUT2D eigenvalue weighted by Gasteiger charge is -2.58. The van der Waals surface area contributed by atoms with Crippen LogP contribution in [0.5, 0.6) is 5.75 Å². The van der Waals surface area contributed by atoms with Crippen LogP contribution in [0.1, 0.15) is 75.7 Å². The van der Waals surface area contributed by atoms with E-state index in [9.17, 15) is 0 Å². The summed E-state index contributed by atoms with van der Waals surface area (Å²) in [5.74, 6) is 3.91. The molecule has 0 unspecified atom stereocenters. The SMILES string of the molecule is COC1(OOC2CCC(c3ccc(OCCCN4CCNCC4)cc3)CC2)C2CC3CC(C2)CC1C3. The van der Waals surface area contributed by atoms with Gasteiger partial charge in [0, 0.05) is 51.7 Å². The Balaban J connectivity index is 0.928. The number of ether oxygens (including phenoxy) is 2. The summed E-state index contributed by atoms with van der Waals surface area (Å²) in [5.41, 5.74) is 1.43. The highest BCUT2D eigenvalue weighted by atomic mass is 17.2. The first-order valence-electron chi connectivity index (χ1n) is 14.8. The van der Waals surface area contributed by atoms with Crippen LogP contribution in [0.4, 0.5) is 0 Å². The summed E-state index contributed by atoms with van der Waals surface area (Å²) < 4.78 is 12.1. The molecule has 6 aliphatic rings. The van der Waals surface area contributed by atoms with Crippen molar-refractivity contribution >= 4 is 0 Å². The van der Waals surface area contributed by atoms with Gasteiger partial charge < -0.3 is 19.7 Å². The molecule has 1 heterocycles. The number of hydrogen-bond donors (Lipinski definition) is 1. The fourth-order valence-corrected chi connectivity index (χ4v) is 8.23. The zero-order valence-electron chi connectivity index (χ0n) is 22.2. The fourth-order valence-electron chi connectivity index (χ4n) is 8.23. The Kier molecular flexibility index (Phi) is 7.87. The van der Waals surface area contributed by atoms with Gasteiger partial charge >= 0.3 is 0 Å². The van der Waals surface area contributed by atoms with Gasteiger partial charge in [-0.3, -0.25) is 0 Å². The van der Waals surface area contributed by atoms with E-state index in [0.717, 1.165) is 89.0 Å². The molecule has 6 fully saturated rings. The lowest BCUT2D eigenvalue weighted by molar-refractivity contribution is -0.485. The molecule has 5 saturated carbocycles. The van der Waals surface area contributed by atoms with Crippen LogP contribution in [0.25, 0.3) is 0 Å². The second-order valence-corrected chi connectivity index (χ2v) is 12.2. The predicted molar refractivity (Wildman–Crippen MR) is 140 cm³/mol. The highest BCUT2D eigenvalue weighted by molar-refractivity contribution is 5.29. The molecule has 1 aromatic rings. The van der Waals surface area contributed by atoms with Crippen LogP contribution in [0.2, 0.25) is 0 Å². The fraction of sp³-hybridized carbons (Fsp3) is 0.800. The van der Waals surface area contributed by atoms with Crippen molar-refractivity contribution in [1.82, 2.24) is 10.2 Å². The van der Waals surface area contributed by atoms with Gasteiger partial charge in [0.2, 0.25) is 5.79 Å². The Hall–Kier alpha value is -1.18. The maximum absolute atomic E-state index is 6.29. The summed E-state index contributed by atoms with van der Waals surface area (Å²) in [7, 11) is 1.84. The monoisotopic (exact) mass is 498 g/mol. The van der Waals surface area contributed by atoms with E-state index < -0.39 is 5.79 Å². The number of methoxy groups -OCH3 is 1. The van der Waals surface area contributed by atoms with Gasteiger partial charge in [0.15, 0.2) is 0 Å². The van der Waals surface area contributed by atoms with Gasteiger partial charge in [-0.25, -0.2) is 9.78 Å². The molecular formula is C30H46N2O4. The van der Waals surface area contributed by atoms with Crippen LogP contribution < -0.4 is 10.1 Å². The Morgan fingerprint density at radius 1 is 0.889 bits per heavy atom. The maximum atomic E-state index is 6.29. The van der Waals surface area contributed by atoms with E-state index in [1.165, 1.54) is 37.7 Å².